The molecular formula is C14H24N2. The fourth-order valence-electron chi connectivity index (χ4n) is 1.76. The molecular weight excluding hydrogens is 196 g/mol. The lowest BCUT2D eigenvalue weighted by Crippen LogP contribution is -2.21. The number of aryl methyl sites for hydroxylation is 1. The third kappa shape index (κ3) is 3.51. The van der Waals surface area contributed by atoms with Crippen LogP contribution in [-0.2, 0) is 12.8 Å². The zero-order valence-electron chi connectivity index (χ0n) is 11.0. The lowest BCUT2D eigenvalue weighted by molar-refractivity contribution is 0.590. The topological polar surface area (TPSA) is 24.9 Å². The molecule has 1 aromatic heterocycles. The molecule has 0 fully saturated rings. The van der Waals surface area contributed by atoms with Gasteiger partial charge in [-0.3, -0.25) is 0 Å². The maximum absolute atomic E-state index is 4.56. The van der Waals surface area contributed by atoms with Gasteiger partial charge in [0.05, 0.1) is 0 Å². The summed E-state index contributed by atoms with van der Waals surface area (Å²) in [7, 11) is 0. The Balaban J connectivity index is 0.000000386. The third-order valence-corrected chi connectivity index (χ3v) is 2.59. The number of nitrogens with zero attached hydrogens (tertiary/aromatic N) is 1. The van der Waals surface area contributed by atoms with Gasteiger partial charge in [-0.1, -0.05) is 40.2 Å². The van der Waals surface area contributed by atoms with Crippen LogP contribution in [-0.4, -0.2) is 11.5 Å². The van der Waals surface area contributed by atoms with Gasteiger partial charge in [0.25, 0.3) is 0 Å². The average Bonchev–Trinajstić information content (AvgIpc) is 2.29. The van der Waals surface area contributed by atoms with E-state index in [0.29, 0.717) is 0 Å². The molecule has 0 saturated carbocycles. The molecule has 1 N–H and O–H groups in total. The molecule has 1 aromatic rings. The third-order valence-electron chi connectivity index (χ3n) is 2.59. The Bertz CT molecular complexity index is 321. The molecule has 0 amide bonds. The van der Waals surface area contributed by atoms with Gasteiger partial charge in [-0.05, 0) is 30.4 Å². The second-order valence-corrected chi connectivity index (χ2v) is 4.56. The minimum atomic E-state index is 0.738. The predicted octanol–water partition coefficient (Wildman–Crippen LogP) is 3.66. The SMILES string of the molecule is CCC.CCc1ccc2c(n1)NCC(C)C2. The molecule has 16 heavy (non-hydrogen) atoms. The van der Waals surface area contributed by atoms with Gasteiger partial charge in [-0.15, -0.1) is 0 Å². The van der Waals surface area contributed by atoms with Crippen molar-refractivity contribution in [2.24, 2.45) is 5.92 Å². The zero-order valence-corrected chi connectivity index (χ0v) is 11.0. The van der Waals surface area contributed by atoms with E-state index in [1.165, 1.54) is 24.1 Å². The van der Waals surface area contributed by atoms with Gasteiger partial charge in [0.15, 0.2) is 0 Å². The van der Waals surface area contributed by atoms with Crippen LogP contribution in [0.15, 0.2) is 12.1 Å². The lowest BCUT2D eigenvalue weighted by atomic mass is 9.98. The van der Waals surface area contributed by atoms with Crippen molar-refractivity contribution >= 4 is 5.82 Å². The van der Waals surface area contributed by atoms with Crippen LogP contribution in [0.25, 0.3) is 0 Å². The minimum absolute atomic E-state index is 0.738. The van der Waals surface area contributed by atoms with Gasteiger partial charge < -0.3 is 5.32 Å². The molecule has 1 atom stereocenters. The number of hydrogen-bond acceptors (Lipinski definition) is 2. The predicted molar refractivity (Wildman–Crippen MR) is 70.9 cm³/mol. The van der Waals surface area contributed by atoms with Crippen molar-refractivity contribution in [3.8, 4) is 0 Å². The molecule has 1 aliphatic heterocycles. The Hall–Kier alpha value is -1.05. The summed E-state index contributed by atoms with van der Waals surface area (Å²) >= 11 is 0. The van der Waals surface area contributed by atoms with E-state index in [1.54, 1.807) is 0 Å². The van der Waals surface area contributed by atoms with E-state index in [0.717, 1.165) is 24.7 Å². The van der Waals surface area contributed by atoms with Crippen molar-refractivity contribution in [1.82, 2.24) is 4.98 Å². The van der Waals surface area contributed by atoms with Crippen molar-refractivity contribution in [3.05, 3.63) is 23.4 Å². The summed E-state index contributed by atoms with van der Waals surface area (Å²) in [5.41, 5.74) is 2.55. The standard InChI is InChI=1S/C11H16N2.C3H8/c1-3-10-5-4-9-6-8(2)7-12-11(9)13-10;1-3-2/h4-5,8H,3,6-7H2,1-2H3,(H,12,13);3H2,1-2H3. The van der Waals surface area contributed by atoms with Crippen molar-refractivity contribution in [2.75, 3.05) is 11.9 Å². The Morgan fingerprint density at radius 3 is 2.62 bits per heavy atom. The summed E-state index contributed by atoms with van der Waals surface area (Å²) in [6.07, 6.45) is 3.43. The van der Waals surface area contributed by atoms with Crippen LogP contribution < -0.4 is 5.32 Å². The maximum atomic E-state index is 4.56. The highest BCUT2D eigenvalue weighted by Crippen LogP contribution is 2.22. The van der Waals surface area contributed by atoms with Crippen LogP contribution in [0.5, 0.6) is 0 Å². The molecule has 0 saturated heterocycles. The molecule has 0 spiro atoms. The minimum Gasteiger partial charge on any atom is -0.370 e. The van der Waals surface area contributed by atoms with E-state index in [-0.39, 0.29) is 0 Å². The summed E-state index contributed by atoms with van der Waals surface area (Å²) in [5, 5.41) is 3.38. The number of pyridine rings is 1. The van der Waals surface area contributed by atoms with Gasteiger partial charge in [0.2, 0.25) is 0 Å². The van der Waals surface area contributed by atoms with Crippen LogP contribution in [0.1, 0.15) is 45.4 Å². The number of fused-ring (bicyclic) bond motifs is 1. The molecule has 2 nitrogen and oxygen atoms in total. The Kier molecular flexibility index (Phi) is 5.30. The van der Waals surface area contributed by atoms with E-state index in [9.17, 15) is 0 Å². The highest BCUT2D eigenvalue weighted by Gasteiger charge is 2.15. The van der Waals surface area contributed by atoms with Gasteiger partial charge in [-0.25, -0.2) is 4.98 Å². The zero-order chi connectivity index (χ0) is 12.0. The maximum Gasteiger partial charge on any atom is 0.129 e. The van der Waals surface area contributed by atoms with Gasteiger partial charge in [-0.2, -0.15) is 0 Å². The molecule has 0 aliphatic carbocycles. The lowest BCUT2D eigenvalue weighted by Gasteiger charge is -2.22. The second-order valence-electron chi connectivity index (χ2n) is 4.56. The van der Waals surface area contributed by atoms with E-state index in [4.69, 9.17) is 0 Å². The normalized spacial score (nSPS) is 17.9. The van der Waals surface area contributed by atoms with E-state index >= 15 is 0 Å². The average molecular weight is 220 g/mol. The summed E-state index contributed by atoms with van der Waals surface area (Å²) in [6, 6.07) is 4.35. The summed E-state index contributed by atoms with van der Waals surface area (Å²) in [6.45, 7) is 9.72. The largest absolute Gasteiger partial charge is 0.370 e. The van der Waals surface area contributed by atoms with Gasteiger partial charge in [0, 0.05) is 12.2 Å². The molecule has 1 aliphatic rings. The van der Waals surface area contributed by atoms with Crippen LogP contribution >= 0.6 is 0 Å². The molecule has 0 aromatic carbocycles. The molecule has 1 unspecified atom stereocenters. The first-order valence-corrected chi connectivity index (χ1v) is 6.43. The number of aromatic nitrogens is 1. The van der Waals surface area contributed by atoms with Crippen LogP contribution in [0.2, 0.25) is 0 Å². The monoisotopic (exact) mass is 220 g/mol. The highest BCUT2D eigenvalue weighted by molar-refractivity contribution is 5.47. The molecule has 2 heterocycles. The van der Waals surface area contributed by atoms with Crippen molar-refractivity contribution in [1.29, 1.82) is 0 Å². The molecule has 2 heteroatoms. The molecule has 90 valence electrons. The van der Waals surface area contributed by atoms with Crippen LogP contribution in [0, 0.1) is 5.92 Å². The van der Waals surface area contributed by atoms with Crippen LogP contribution in [0.3, 0.4) is 0 Å². The van der Waals surface area contributed by atoms with Crippen molar-refractivity contribution < 1.29 is 0 Å². The smallest absolute Gasteiger partial charge is 0.129 e. The van der Waals surface area contributed by atoms with E-state index < -0.39 is 0 Å². The van der Waals surface area contributed by atoms with Crippen molar-refractivity contribution in [3.63, 3.8) is 0 Å². The summed E-state index contributed by atoms with van der Waals surface area (Å²) in [5.74, 6) is 1.85. The number of hydrogen-bond donors (Lipinski definition) is 1. The molecule has 2 rings (SSSR count). The quantitative estimate of drug-likeness (QED) is 0.781. The van der Waals surface area contributed by atoms with Gasteiger partial charge >= 0.3 is 0 Å². The van der Waals surface area contributed by atoms with Gasteiger partial charge in [0.1, 0.15) is 5.82 Å². The van der Waals surface area contributed by atoms with Crippen molar-refractivity contribution in [2.45, 2.75) is 47.0 Å². The number of anilines is 1. The summed E-state index contributed by atoms with van der Waals surface area (Å²) in [4.78, 5) is 4.56. The summed E-state index contributed by atoms with van der Waals surface area (Å²) < 4.78 is 0. The fourth-order valence-corrected chi connectivity index (χ4v) is 1.76. The fraction of sp³-hybridized carbons (Fsp3) is 0.643. The first-order chi connectivity index (χ1) is 7.71. The second kappa shape index (κ2) is 6.51. The Labute approximate surface area is 99.5 Å². The van der Waals surface area contributed by atoms with E-state index in [2.05, 4.69) is 50.1 Å². The Morgan fingerprint density at radius 1 is 1.31 bits per heavy atom. The number of rotatable bonds is 1. The first-order valence-electron chi connectivity index (χ1n) is 6.43. The Morgan fingerprint density at radius 2 is 2.00 bits per heavy atom. The molecule has 0 bridgehead atoms. The molecule has 0 radical (unpaired) electrons. The first kappa shape index (κ1) is 13.0. The van der Waals surface area contributed by atoms with Crippen LogP contribution in [0.4, 0.5) is 5.82 Å². The highest BCUT2D eigenvalue weighted by atomic mass is 15.0. The van der Waals surface area contributed by atoms with E-state index in [1.807, 2.05) is 0 Å². The number of nitrogens with one attached hydrogen (secondary N) is 1.